The lowest BCUT2D eigenvalue weighted by Crippen LogP contribution is -2.34. The second-order valence-electron chi connectivity index (χ2n) is 6.71. The van der Waals surface area contributed by atoms with Crippen LogP contribution < -0.4 is 0 Å². The van der Waals surface area contributed by atoms with Crippen molar-refractivity contribution < 1.29 is 9.53 Å². The van der Waals surface area contributed by atoms with Crippen LogP contribution in [0.15, 0.2) is 11.8 Å². The second-order valence-corrected chi connectivity index (χ2v) is 6.71. The van der Waals surface area contributed by atoms with Gasteiger partial charge in [-0.2, -0.15) is 0 Å². The molecule has 0 unspecified atom stereocenters. The summed E-state index contributed by atoms with van der Waals surface area (Å²) in [5.41, 5.74) is 1.08. The van der Waals surface area contributed by atoms with Crippen molar-refractivity contribution in [3.8, 4) is 0 Å². The van der Waals surface area contributed by atoms with Gasteiger partial charge in [-0.05, 0) is 24.2 Å². The summed E-state index contributed by atoms with van der Waals surface area (Å²) in [4.78, 5) is 14.9. The van der Waals surface area contributed by atoms with E-state index in [1.54, 1.807) is 0 Å². The molecule has 1 heterocycles. The summed E-state index contributed by atoms with van der Waals surface area (Å²) in [6.07, 6.45) is 4.37. The molecule has 2 saturated carbocycles. The summed E-state index contributed by atoms with van der Waals surface area (Å²) in [5.74, 6) is 0.855. The zero-order valence-electron chi connectivity index (χ0n) is 11.7. The van der Waals surface area contributed by atoms with Gasteiger partial charge in [-0.15, -0.1) is 0 Å². The molecule has 2 atom stereocenters. The average molecular weight is 249 g/mol. The molecule has 3 heteroatoms. The van der Waals surface area contributed by atoms with Crippen LogP contribution in [0.4, 0.5) is 0 Å². The summed E-state index contributed by atoms with van der Waals surface area (Å²) in [7, 11) is 0. The monoisotopic (exact) mass is 249 g/mol. The highest BCUT2D eigenvalue weighted by Crippen LogP contribution is 2.65. The Morgan fingerprint density at radius 3 is 2.50 bits per heavy atom. The molecule has 0 radical (unpaired) electrons. The van der Waals surface area contributed by atoms with E-state index in [4.69, 9.17) is 4.74 Å². The van der Waals surface area contributed by atoms with E-state index >= 15 is 0 Å². The van der Waals surface area contributed by atoms with E-state index in [2.05, 4.69) is 31.9 Å². The Morgan fingerprint density at radius 2 is 1.94 bits per heavy atom. The molecular weight excluding hydrogens is 226 g/mol. The van der Waals surface area contributed by atoms with Gasteiger partial charge in [0.1, 0.15) is 0 Å². The van der Waals surface area contributed by atoms with E-state index in [-0.39, 0.29) is 10.8 Å². The SMILES string of the molecule is CC1(C)[C@@H]2CC[C@@]1(C)C(=O)/C2=C\N1CCOCC1. The van der Waals surface area contributed by atoms with Crippen molar-refractivity contribution in [2.75, 3.05) is 26.3 Å². The van der Waals surface area contributed by atoms with Gasteiger partial charge in [-0.25, -0.2) is 0 Å². The summed E-state index contributed by atoms with van der Waals surface area (Å²) in [6, 6.07) is 0. The van der Waals surface area contributed by atoms with Gasteiger partial charge in [0.05, 0.1) is 13.2 Å². The molecule has 3 fully saturated rings. The van der Waals surface area contributed by atoms with Gasteiger partial charge in [0.25, 0.3) is 0 Å². The fourth-order valence-corrected chi connectivity index (χ4v) is 3.98. The van der Waals surface area contributed by atoms with Gasteiger partial charge in [0, 0.05) is 30.3 Å². The summed E-state index contributed by atoms with van der Waals surface area (Å²) in [5, 5.41) is 0. The maximum absolute atomic E-state index is 12.7. The molecule has 2 bridgehead atoms. The van der Waals surface area contributed by atoms with E-state index in [0.717, 1.165) is 38.3 Å². The Morgan fingerprint density at radius 1 is 1.28 bits per heavy atom. The van der Waals surface area contributed by atoms with E-state index in [1.807, 2.05) is 0 Å². The summed E-state index contributed by atoms with van der Waals surface area (Å²) >= 11 is 0. The number of hydrogen-bond donors (Lipinski definition) is 0. The minimum Gasteiger partial charge on any atom is -0.378 e. The van der Waals surface area contributed by atoms with Crippen molar-refractivity contribution >= 4 is 5.78 Å². The number of nitrogens with zero attached hydrogens (tertiary/aromatic N) is 1. The molecule has 3 rings (SSSR count). The fraction of sp³-hybridized carbons (Fsp3) is 0.800. The number of Topliss-reactive ketones (excluding diaryl/α,β-unsaturated/α-hetero) is 1. The van der Waals surface area contributed by atoms with Crippen LogP contribution in [-0.4, -0.2) is 37.0 Å². The molecule has 100 valence electrons. The van der Waals surface area contributed by atoms with Crippen molar-refractivity contribution in [1.82, 2.24) is 4.90 Å². The molecule has 1 saturated heterocycles. The number of fused-ring (bicyclic) bond motifs is 2. The normalized spacial score (nSPS) is 40.8. The third-order valence-electron chi connectivity index (χ3n) is 5.73. The highest BCUT2D eigenvalue weighted by molar-refractivity contribution is 6.04. The predicted octanol–water partition coefficient (Wildman–Crippen LogP) is 2.23. The Hall–Kier alpha value is -0.830. The average Bonchev–Trinajstić information content (AvgIpc) is 2.65. The van der Waals surface area contributed by atoms with Gasteiger partial charge in [-0.3, -0.25) is 4.79 Å². The van der Waals surface area contributed by atoms with E-state index in [9.17, 15) is 4.79 Å². The zero-order chi connectivity index (χ0) is 13.0. The van der Waals surface area contributed by atoms with Crippen molar-refractivity contribution in [1.29, 1.82) is 0 Å². The number of allylic oxidation sites excluding steroid dienone is 1. The molecule has 0 aromatic heterocycles. The van der Waals surface area contributed by atoms with Crippen LogP contribution in [0.5, 0.6) is 0 Å². The Kier molecular flexibility index (Phi) is 2.60. The molecule has 0 aromatic rings. The second kappa shape index (κ2) is 3.83. The molecule has 0 amide bonds. The van der Waals surface area contributed by atoms with Gasteiger partial charge in [-0.1, -0.05) is 20.8 Å². The fourth-order valence-electron chi connectivity index (χ4n) is 3.98. The molecule has 0 N–H and O–H groups in total. The van der Waals surface area contributed by atoms with Crippen molar-refractivity contribution in [2.45, 2.75) is 33.6 Å². The van der Waals surface area contributed by atoms with Gasteiger partial charge in [0.15, 0.2) is 5.78 Å². The molecule has 0 spiro atoms. The van der Waals surface area contributed by atoms with E-state index in [0.29, 0.717) is 11.7 Å². The Labute approximate surface area is 109 Å². The lowest BCUT2D eigenvalue weighted by molar-refractivity contribution is -0.125. The molecular formula is C15H23NO2. The van der Waals surface area contributed by atoms with Crippen LogP contribution in [-0.2, 0) is 9.53 Å². The topological polar surface area (TPSA) is 29.5 Å². The molecule has 3 nitrogen and oxygen atoms in total. The minimum absolute atomic E-state index is 0.127. The largest absolute Gasteiger partial charge is 0.378 e. The first-order valence-electron chi connectivity index (χ1n) is 7.05. The quantitative estimate of drug-likeness (QED) is 0.667. The number of rotatable bonds is 1. The number of morpholine rings is 1. The lowest BCUT2D eigenvalue weighted by atomic mass is 9.70. The molecule has 2 aliphatic carbocycles. The first-order valence-corrected chi connectivity index (χ1v) is 7.05. The Bertz CT molecular complexity index is 407. The van der Waals surface area contributed by atoms with Crippen LogP contribution in [0.3, 0.4) is 0 Å². The van der Waals surface area contributed by atoms with Crippen LogP contribution in [0, 0.1) is 16.7 Å². The first kappa shape index (κ1) is 12.2. The number of carbonyl (C=O) groups excluding carboxylic acids is 1. The van der Waals surface area contributed by atoms with Crippen molar-refractivity contribution in [2.24, 2.45) is 16.7 Å². The lowest BCUT2D eigenvalue weighted by Gasteiger charge is -2.31. The van der Waals surface area contributed by atoms with E-state index < -0.39 is 0 Å². The van der Waals surface area contributed by atoms with Gasteiger partial charge < -0.3 is 9.64 Å². The van der Waals surface area contributed by atoms with Gasteiger partial charge in [0.2, 0.25) is 0 Å². The predicted molar refractivity (Wildman–Crippen MR) is 70.1 cm³/mol. The maximum atomic E-state index is 12.7. The van der Waals surface area contributed by atoms with Crippen LogP contribution in [0.1, 0.15) is 33.6 Å². The highest BCUT2D eigenvalue weighted by atomic mass is 16.5. The molecule has 1 aliphatic heterocycles. The maximum Gasteiger partial charge on any atom is 0.167 e. The van der Waals surface area contributed by atoms with Crippen molar-refractivity contribution in [3.05, 3.63) is 11.8 Å². The highest BCUT2D eigenvalue weighted by Gasteiger charge is 2.64. The summed E-state index contributed by atoms with van der Waals surface area (Å²) < 4.78 is 5.36. The zero-order valence-corrected chi connectivity index (χ0v) is 11.7. The molecule has 3 aliphatic rings. The van der Waals surface area contributed by atoms with Gasteiger partial charge >= 0.3 is 0 Å². The van der Waals surface area contributed by atoms with Crippen LogP contribution in [0.2, 0.25) is 0 Å². The van der Waals surface area contributed by atoms with E-state index in [1.165, 1.54) is 6.42 Å². The van der Waals surface area contributed by atoms with Crippen LogP contribution >= 0.6 is 0 Å². The number of ketones is 1. The first-order chi connectivity index (χ1) is 8.47. The third-order valence-corrected chi connectivity index (χ3v) is 5.73. The smallest absolute Gasteiger partial charge is 0.167 e. The number of carbonyl (C=O) groups is 1. The molecule has 0 aromatic carbocycles. The number of ether oxygens (including phenoxy) is 1. The summed E-state index contributed by atoms with van der Waals surface area (Å²) in [6.45, 7) is 10.1. The minimum atomic E-state index is -0.129. The van der Waals surface area contributed by atoms with Crippen molar-refractivity contribution in [3.63, 3.8) is 0 Å². The van der Waals surface area contributed by atoms with Crippen LogP contribution in [0.25, 0.3) is 0 Å². The number of hydrogen-bond acceptors (Lipinski definition) is 3. The Balaban J connectivity index is 1.90. The third kappa shape index (κ3) is 1.43. The molecule has 18 heavy (non-hydrogen) atoms. The standard InChI is InChI=1S/C15H23NO2/c1-14(2)12-4-5-15(14,3)13(17)11(12)10-16-6-8-18-9-7-16/h10,12H,4-9H2,1-3H3/b11-10-/t12-,15+/m1/s1.